The predicted octanol–water partition coefficient (Wildman–Crippen LogP) is 9.85. The summed E-state index contributed by atoms with van der Waals surface area (Å²) < 4.78 is 0. The van der Waals surface area contributed by atoms with Crippen molar-refractivity contribution in [3.05, 3.63) is 60.2 Å². The zero-order valence-corrected chi connectivity index (χ0v) is 22.9. The van der Waals surface area contributed by atoms with Crippen molar-refractivity contribution in [2.45, 2.75) is 115 Å². The van der Waals surface area contributed by atoms with Crippen molar-refractivity contribution < 1.29 is 9.90 Å². The molecule has 0 saturated heterocycles. The van der Waals surface area contributed by atoms with Gasteiger partial charge in [-0.05, 0) is 23.3 Å². The van der Waals surface area contributed by atoms with E-state index in [9.17, 15) is 9.90 Å². The van der Waals surface area contributed by atoms with Gasteiger partial charge in [-0.1, -0.05) is 158 Å². The van der Waals surface area contributed by atoms with Gasteiger partial charge in [-0.2, -0.15) is 0 Å². The number of ketones is 1. The van der Waals surface area contributed by atoms with Crippen LogP contribution < -0.4 is 0 Å². The maximum Gasteiger partial charge on any atom is 0.202 e. The highest BCUT2D eigenvalue weighted by molar-refractivity contribution is 8.00. The minimum Gasteiger partial charge on any atom is -0.374 e. The average Bonchev–Trinajstić information content (AvgIpc) is 2.90. The van der Waals surface area contributed by atoms with E-state index in [1.54, 1.807) is 0 Å². The lowest BCUT2D eigenvalue weighted by Crippen LogP contribution is -2.18. The first-order valence-electron chi connectivity index (χ1n) is 14.2. The molecule has 0 aromatic heterocycles. The number of aliphatic hydroxyl groups is 1. The smallest absolute Gasteiger partial charge is 0.202 e. The highest BCUT2D eigenvalue weighted by Gasteiger charge is 2.20. The van der Waals surface area contributed by atoms with Crippen LogP contribution in [0.1, 0.15) is 120 Å². The van der Waals surface area contributed by atoms with Crippen LogP contribution in [0.2, 0.25) is 0 Å². The summed E-state index contributed by atoms with van der Waals surface area (Å²) in [6.07, 6.45) is 21.7. The molecule has 0 spiro atoms. The fourth-order valence-corrected chi connectivity index (χ4v) is 5.49. The Hall–Kier alpha value is -1.58. The van der Waals surface area contributed by atoms with Crippen LogP contribution in [-0.2, 0) is 0 Å². The summed E-state index contributed by atoms with van der Waals surface area (Å²) in [4.78, 5) is 12.9. The SMILES string of the molecule is CCCCCCCCCCCCCCCCCCSC(O)C(=O)c1ccccc1-c1ccccc1. The molecule has 2 rings (SSSR count). The van der Waals surface area contributed by atoms with Gasteiger partial charge in [-0.15, -0.1) is 11.8 Å². The fraction of sp³-hybridized carbons (Fsp3) is 0.594. The Balaban J connectivity index is 1.47. The standard InChI is InChI=1S/C32H48O2S/c1-2-3-4-5-6-7-8-9-10-11-12-13-14-15-16-22-27-35-32(34)31(33)30-26-21-20-25-29(30)28-23-18-17-19-24-28/h17-21,23-26,32,34H,2-16,22,27H2,1H3. The predicted molar refractivity (Wildman–Crippen MR) is 154 cm³/mol. The number of carbonyl (C=O) groups excluding carboxylic acids is 1. The molecule has 0 aliphatic heterocycles. The summed E-state index contributed by atoms with van der Waals surface area (Å²) in [5.74, 6) is 0.643. The summed E-state index contributed by atoms with van der Waals surface area (Å²) in [6, 6.07) is 17.5. The van der Waals surface area contributed by atoms with Crippen molar-refractivity contribution in [1.82, 2.24) is 0 Å². The van der Waals surface area contributed by atoms with Crippen molar-refractivity contribution in [1.29, 1.82) is 0 Å². The molecule has 0 fully saturated rings. The molecule has 35 heavy (non-hydrogen) atoms. The zero-order chi connectivity index (χ0) is 25.0. The first-order chi connectivity index (χ1) is 17.2. The zero-order valence-electron chi connectivity index (χ0n) is 22.1. The van der Waals surface area contributed by atoms with Crippen LogP contribution in [0.4, 0.5) is 0 Å². The van der Waals surface area contributed by atoms with E-state index in [0.717, 1.165) is 23.3 Å². The minimum atomic E-state index is -0.990. The van der Waals surface area contributed by atoms with Crippen molar-refractivity contribution in [3.63, 3.8) is 0 Å². The van der Waals surface area contributed by atoms with Crippen LogP contribution >= 0.6 is 11.8 Å². The van der Waals surface area contributed by atoms with Gasteiger partial charge in [0.25, 0.3) is 0 Å². The van der Waals surface area contributed by atoms with E-state index < -0.39 is 5.44 Å². The van der Waals surface area contributed by atoms with Crippen LogP contribution in [0.25, 0.3) is 11.1 Å². The highest BCUT2D eigenvalue weighted by atomic mass is 32.2. The minimum absolute atomic E-state index is 0.189. The van der Waals surface area contributed by atoms with E-state index in [-0.39, 0.29) is 5.78 Å². The molecule has 3 heteroatoms. The van der Waals surface area contributed by atoms with E-state index in [1.165, 1.54) is 108 Å². The van der Waals surface area contributed by atoms with Gasteiger partial charge in [0, 0.05) is 5.56 Å². The first kappa shape index (κ1) is 29.6. The van der Waals surface area contributed by atoms with Crippen molar-refractivity contribution in [2.24, 2.45) is 0 Å². The van der Waals surface area contributed by atoms with E-state index in [1.807, 2.05) is 54.6 Å². The van der Waals surface area contributed by atoms with Gasteiger partial charge in [-0.3, -0.25) is 4.79 Å². The van der Waals surface area contributed by atoms with Gasteiger partial charge in [-0.25, -0.2) is 0 Å². The number of unbranched alkanes of at least 4 members (excludes halogenated alkanes) is 15. The van der Waals surface area contributed by atoms with Crippen LogP contribution in [0.15, 0.2) is 54.6 Å². The molecule has 0 heterocycles. The van der Waals surface area contributed by atoms with Gasteiger partial charge in [0.1, 0.15) is 0 Å². The number of carbonyl (C=O) groups is 1. The summed E-state index contributed by atoms with van der Waals surface area (Å²) in [5, 5.41) is 10.5. The Kier molecular flexibility index (Phi) is 16.6. The van der Waals surface area contributed by atoms with Crippen molar-refractivity contribution >= 4 is 17.5 Å². The maximum absolute atomic E-state index is 12.9. The molecular weight excluding hydrogens is 448 g/mol. The molecular formula is C32H48O2S. The number of rotatable bonds is 21. The maximum atomic E-state index is 12.9. The van der Waals surface area contributed by atoms with E-state index >= 15 is 0 Å². The van der Waals surface area contributed by atoms with Gasteiger partial charge in [0.2, 0.25) is 5.78 Å². The lowest BCUT2D eigenvalue weighted by Gasteiger charge is -2.13. The molecule has 2 aromatic carbocycles. The lowest BCUT2D eigenvalue weighted by atomic mass is 9.97. The quantitative estimate of drug-likeness (QED) is 0.106. The number of aliphatic hydroxyl groups excluding tert-OH is 1. The van der Waals surface area contributed by atoms with Crippen molar-refractivity contribution in [2.75, 3.05) is 5.75 Å². The fourth-order valence-electron chi connectivity index (χ4n) is 4.62. The van der Waals surface area contributed by atoms with Crippen LogP contribution in [0.5, 0.6) is 0 Å². The Bertz CT molecular complexity index is 789. The molecule has 0 saturated carbocycles. The van der Waals surface area contributed by atoms with Crippen LogP contribution in [-0.4, -0.2) is 22.1 Å². The van der Waals surface area contributed by atoms with E-state index in [2.05, 4.69) is 6.92 Å². The second-order valence-electron chi connectivity index (χ2n) is 9.80. The summed E-state index contributed by atoms with van der Waals surface area (Å²) in [6.45, 7) is 2.28. The molecule has 2 aromatic rings. The Morgan fingerprint density at radius 2 is 1.11 bits per heavy atom. The number of hydrogen-bond donors (Lipinski definition) is 1. The second kappa shape index (κ2) is 19.6. The summed E-state index contributed by atoms with van der Waals surface area (Å²) in [7, 11) is 0. The number of Topliss-reactive ketones (excluding diaryl/α,β-unsaturated/α-hetero) is 1. The molecule has 0 aliphatic rings. The van der Waals surface area contributed by atoms with E-state index in [0.29, 0.717) is 5.56 Å². The topological polar surface area (TPSA) is 37.3 Å². The monoisotopic (exact) mass is 496 g/mol. The summed E-state index contributed by atoms with van der Waals surface area (Å²) >= 11 is 1.38. The second-order valence-corrected chi connectivity index (χ2v) is 11.0. The largest absolute Gasteiger partial charge is 0.374 e. The molecule has 0 radical (unpaired) electrons. The average molecular weight is 497 g/mol. The number of thioether (sulfide) groups is 1. The molecule has 1 N–H and O–H groups in total. The van der Waals surface area contributed by atoms with Crippen LogP contribution in [0.3, 0.4) is 0 Å². The van der Waals surface area contributed by atoms with Crippen molar-refractivity contribution in [3.8, 4) is 11.1 Å². The first-order valence-corrected chi connectivity index (χ1v) is 15.3. The molecule has 1 unspecified atom stereocenters. The van der Waals surface area contributed by atoms with Gasteiger partial charge in [0.15, 0.2) is 5.44 Å². The Morgan fingerprint density at radius 1 is 0.657 bits per heavy atom. The molecule has 1 atom stereocenters. The lowest BCUT2D eigenvalue weighted by molar-refractivity contribution is 0.0869. The third-order valence-electron chi connectivity index (χ3n) is 6.78. The van der Waals surface area contributed by atoms with Crippen LogP contribution in [0, 0.1) is 0 Å². The third-order valence-corrected chi connectivity index (χ3v) is 7.83. The van der Waals surface area contributed by atoms with Gasteiger partial charge < -0.3 is 5.11 Å². The summed E-state index contributed by atoms with van der Waals surface area (Å²) in [5.41, 5.74) is 1.51. The Morgan fingerprint density at radius 3 is 1.66 bits per heavy atom. The molecule has 0 amide bonds. The Labute approximate surface area is 219 Å². The normalized spacial score (nSPS) is 12.1. The van der Waals surface area contributed by atoms with E-state index in [4.69, 9.17) is 0 Å². The molecule has 0 aliphatic carbocycles. The van der Waals surface area contributed by atoms with Gasteiger partial charge in [0.05, 0.1) is 0 Å². The molecule has 0 bridgehead atoms. The number of benzene rings is 2. The highest BCUT2D eigenvalue weighted by Crippen LogP contribution is 2.27. The molecule has 194 valence electrons. The van der Waals surface area contributed by atoms with Gasteiger partial charge >= 0.3 is 0 Å². The number of hydrogen-bond acceptors (Lipinski definition) is 3. The third kappa shape index (κ3) is 12.8. The molecule has 2 nitrogen and oxygen atoms in total.